The number of benzene rings is 3. The number of aromatic nitrogens is 2. The minimum Gasteiger partial charge on any atom is -0.457 e. The van der Waals surface area contributed by atoms with E-state index in [9.17, 15) is 29.8 Å². The Balaban J connectivity index is 1.50. The highest BCUT2D eigenvalue weighted by molar-refractivity contribution is 5.94. The number of esters is 2. The van der Waals surface area contributed by atoms with Crippen LogP contribution in [0.4, 0.5) is 11.4 Å². The van der Waals surface area contributed by atoms with Crippen LogP contribution in [0.25, 0.3) is 0 Å². The zero-order valence-electron chi connectivity index (χ0n) is 28.9. The van der Waals surface area contributed by atoms with Gasteiger partial charge in [-0.15, -0.1) is 0 Å². The lowest BCUT2D eigenvalue weighted by Crippen LogP contribution is -2.13. The standard InChI is InChI=1S/C38H38N4O8/c1-20-16-21(2)31(22(3)17-20)34(35-23(4)32(25(6)39-35)37(43)49-18-27-8-12-29(13-9-27)41(45)46)36-24(5)33(26(7)40-36)38(44)50-19-28-10-14-30(15-11-28)42(47)48/h8-17,34,39-40H,18-19H2,1-7H3. The van der Waals surface area contributed by atoms with Crippen molar-refractivity contribution >= 4 is 23.3 Å². The molecule has 50 heavy (non-hydrogen) atoms. The first kappa shape index (κ1) is 35.3. The molecule has 5 aromatic rings. The van der Waals surface area contributed by atoms with E-state index < -0.39 is 27.7 Å². The van der Waals surface area contributed by atoms with Crippen molar-refractivity contribution in [2.24, 2.45) is 0 Å². The highest BCUT2D eigenvalue weighted by Crippen LogP contribution is 2.41. The Kier molecular flexibility index (Phi) is 10.0. The van der Waals surface area contributed by atoms with Crippen molar-refractivity contribution in [2.45, 2.75) is 67.6 Å². The fourth-order valence-corrected chi connectivity index (χ4v) is 6.69. The number of nitrogens with zero attached hydrogens (tertiary/aromatic N) is 2. The van der Waals surface area contributed by atoms with E-state index in [0.717, 1.165) is 33.6 Å². The van der Waals surface area contributed by atoms with E-state index in [4.69, 9.17) is 9.47 Å². The molecule has 2 heterocycles. The maximum Gasteiger partial charge on any atom is 0.340 e. The van der Waals surface area contributed by atoms with Gasteiger partial charge in [0.2, 0.25) is 0 Å². The van der Waals surface area contributed by atoms with E-state index in [1.165, 1.54) is 24.3 Å². The molecule has 5 rings (SSSR count). The van der Waals surface area contributed by atoms with E-state index in [1.54, 1.807) is 38.1 Å². The molecule has 0 aliphatic heterocycles. The highest BCUT2D eigenvalue weighted by atomic mass is 16.6. The molecule has 0 amide bonds. The van der Waals surface area contributed by atoms with Crippen LogP contribution in [0.1, 0.15) is 93.9 Å². The highest BCUT2D eigenvalue weighted by Gasteiger charge is 2.33. The van der Waals surface area contributed by atoms with Crippen LogP contribution in [0.5, 0.6) is 0 Å². The molecule has 0 unspecified atom stereocenters. The molecule has 12 heteroatoms. The van der Waals surface area contributed by atoms with Crippen molar-refractivity contribution in [3.63, 3.8) is 0 Å². The number of H-pyrrole nitrogens is 2. The monoisotopic (exact) mass is 678 g/mol. The Bertz CT molecular complexity index is 1980. The smallest absolute Gasteiger partial charge is 0.340 e. The molecular formula is C38H38N4O8. The molecule has 2 N–H and O–H groups in total. The van der Waals surface area contributed by atoms with Gasteiger partial charge in [0.25, 0.3) is 11.4 Å². The summed E-state index contributed by atoms with van der Waals surface area (Å²) in [6.45, 7) is 13.3. The van der Waals surface area contributed by atoms with Crippen molar-refractivity contribution in [1.29, 1.82) is 0 Å². The summed E-state index contributed by atoms with van der Waals surface area (Å²) in [6, 6.07) is 15.9. The van der Waals surface area contributed by atoms with Gasteiger partial charge >= 0.3 is 11.9 Å². The fraction of sp³-hybridized carbons (Fsp3) is 0.263. The number of nitro benzene ring substituents is 2. The lowest BCUT2D eigenvalue weighted by atomic mass is 9.82. The molecule has 0 saturated heterocycles. The van der Waals surface area contributed by atoms with Gasteiger partial charge in [0.05, 0.1) is 26.9 Å². The Labute approximate surface area is 288 Å². The summed E-state index contributed by atoms with van der Waals surface area (Å²) in [5.41, 5.74) is 10.2. The number of ether oxygens (including phenoxy) is 2. The van der Waals surface area contributed by atoms with E-state index >= 15 is 0 Å². The van der Waals surface area contributed by atoms with Crippen LogP contribution in [0, 0.1) is 68.7 Å². The fourth-order valence-electron chi connectivity index (χ4n) is 6.69. The molecule has 0 aliphatic rings. The molecule has 0 fully saturated rings. The third kappa shape index (κ3) is 7.05. The van der Waals surface area contributed by atoms with Crippen LogP contribution >= 0.6 is 0 Å². The van der Waals surface area contributed by atoms with Crippen molar-refractivity contribution in [2.75, 3.05) is 0 Å². The third-order valence-corrected chi connectivity index (χ3v) is 9.00. The average Bonchev–Trinajstić information content (AvgIpc) is 3.53. The number of carbonyl (C=O) groups is 2. The number of non-ortho nitro benzene ring substituents is 2. The lowest BCUT2D eigenvalue weighted by molar-refractivity contribution is -0.385. The number of carbonyl (C=O) groups excluding carboxylic acids is 2. The molecule has 12 nitrogen and oxygen atoms in total. The largest absolute Gasteiger partial charge is 0.457 e. The van der Waals surface area contributed by atoms with Gasteiger partial charge in [0.1, 0.15) is 13.2 Å². The summed E-state index contributed by atoms with van der Waals surface area (Å²) >= 11 is 0. The zero-order chi connectivity index (χ0) is 36.4. The number of hydrogen-bond donors (Lipinski definition) is 2. The van der Waals surface area contributed by atoms with E-state index in [0.29, 0.717) is 44.8 Å². The number of nitro groups is 2. The second-order valence-corrected chi connectivity index (χ2v) is 12.6. The molecule has 0 bridgehead atoms. The van der Waals surface area contributed by atoms with Crippen LogP contribution < -0.4 is 0 Å². The Hall–Kier alpha value is -6.04. The van der Waals surface area contributed by atoms with Gasteiger partial charge in [-0.25, -0.2) is 9.59 Å². The summed E-state index contributed by atoms with van der Waals surface area (Å²) in [7, 11) is 0. The zero-order valence-corrected chi connectivity index (χ0v) is 28.9. The topological polar surface area (TPSA) is 170 Å². The first-order valence-corrected chi connectivity index (χ1v) is 15.9. The molecular weight excluding hydrogens is 640 g/mol. The number of hydrogen-bond acceptors (Lipinski definition) is 8. The maximum atomic E-state index is 13.5. The molecule has 3 aromatic carbocycles. The lowest BCUT2D eigenvalue weighted by Gasteiger charge is -2.23. The summed E-state index contributed by atoms with van der Waals surface area (Å²) in [5.74, 6) is -1.50. The summed E-state index contributed by atoms with van der Waals surface area (Å²) < 4.78 is 11.3. The normalized spacial score (nSPS) is 11.1. The minimum atomic E-state index is -0.535. The molecule has 0 saturated carbocycles. The first-order chi connectivity index (χ1) is 23.7. The quantitative estimate of drug-likeness (QED) is 0.0799. The SMILES string of the molecule is Cc1cc(C)c(C(c2[nH]c(C)c(C(=O)OCc3ccc([N+](=O)[O-])cc3)c2C)c2[nH]c(C)c(C(=O)OCc3ccc([N+](=O)[O-])cc3)c2C)c(C)c1. The van der Waals surface area contributed by atoms with Crippen molar-refractivity contribution in [3.05, 3.63) is 159 Å². The van der Waals surface area contributed by atoms with Crippen LogP contribution in [0.15, 0.2) is 60.7 Å². The second kappa shape index (κ2) is 14.2. The van der Waals surface area contributed by atoms with Gasteiger partial charge in [-0.2, -0.15) is 0 Å². The summed E-state index contributed by atoms with van der Waals surface area (Å²) in [4.78, 5) is 55.0. The van der Waals surface area contributed by atoms with Crippen LogP contribution in [-0.2, 0) is 22.7 Å². The summed E-state index contributed by atoms with van der Waals surface area (Å²) in [6.07, 6.45) is 0. The predicted molar refractivity (Wildman–Crippen MR) is 187 cm³/mol. The Morgan fingerprint density at radius 1 is 0.640 bits per heavy atom. The van der Waals surface area contributed by atoms with Gasteiger partial charge in [0.15, 0.2) is 0 Å². The number of aryl methyl sites for hydroxylation is 5. The molecule has 0 spiro atoms. The third-order valence-electron chi connectivity index (χ3n) is 9.00. The van der Waals surface area contributed by atoms with Gasteiger partial charge in [-0.3, -0.25) is 20.2 Å². The number of rotatable bonds is 11. The van der Waals surface area contributed by atoms with Crippen molar-refractivity contribution in [1.82, 2.24) is 9.97 Å². The van der Waals surface area contributed by atoms with Gasteiger partial charge in [0, 0.05) is 47.0 Å². The molecule has 0 aliphatic carbocycles. The van der Waals surface area contributed by atoms with E-state index in [-0.39, 0.29) is 24.6 Å². The van der Waals surface area contributed by atoms with E-state index in [1.807, 2.05) is 34.6 Å². The van der Waals surface area contributed by atoms with Crippen molar-refractivity contribution in [3.8, 4) is 0 Å². The van der Waals surface area contributed by atoms with Crippen LogP contribution in [-0.4, -0.2) is 31.8 Å². The molecule has 0 radical (unpaired) electrons. The molecule has 0 atom stereocenters. The first-order valence-electron chi connectivity index (χ1n) is 15.9. The number of nitrogens with one attached hydrogen (secondary N) is 2. The number of aromatic amines is 2. The van der Waals surface area contributed by atoms with Crippen molar-refractivity contribution < 1.29 is 28.9 Å². The van der Waals surface area contributed by atoms with Gasteiger partial charge < -0.3 is 19.4 Å². The summed E-state index contributed by atoms with van der Waals surface area (Å²) in [5, 5.41) is 22.0. The Morgan fingerprint density at radius 2 is 1.00 bits per heavy atom. The molecule has 2 aromatic heterocycles. The van der Waals surface area contributed by atoms with Gasteiger partial charge in [-0.05, 0) is 112 Å². The predicted octanol–water partition coefficient (Wildman–Crippen LogP) is 8.21. The second-order valence-electron chi connectivity index (χ2n) is 12.6. The maximum absolute atomic E-state index is 13.5. The van der Waals surface area contributed by atoms with E-state index in [2.05, 4.69) is 22.1 Å². The Morgan fingerprint density at radius 3 is 1.34 bits per heavy atom. The van der Waals surface area contributed by atoms with Gasteiger partial charge in [-0.1, -0.05) is 17.7 Å². The minimum absolute atomic E-state index is 0.0504. The average molecular weight is 679 g/mol. The molecule has 258 valence electrons. The van der Waals surface area contributed by atoms with Crippen LogP contribution in [0.3, 0.4) is 0 Å². The van der Waals surface area contributed by atoms with Crippen LogP contribution in [0.2, 0.25) is 0 Å².